The highest BCUT2D eigenvalue weighted by atomic mass is 32.1. The minimum absolute atomic E-state index is 0.402. The molecule has 1 heterocycles. The second kappa shape index (κ2) is 4.88. The van der Waals surface area contributed by atoms with Gasteiger partial charge >= 0.3 is 0 Å². The van der Waals surface area contributed by atoms with Gasteiger partial charge < -0.3 is 5.73 Å². The summed E-state index contributed by atoms with van der Waals surface area (Å²) in [5, 5.41) is 0.663. The summed E-state index contributed by atoms with van der Waals surface area (Å²) in [6.07, 6.45) is 6.02. The lowest BCUT2D eigenvalue weighted by molar-refractivity contribution is 0.225. The molecule has 0 amide bonds. The number of fused-ring (bicyclic) bond motifs is 1. The fourth-order valence-electron chi connectivity index (χ4n) is 3.09. The molecule has 1 unspecified atom stereocenters. The Morgan fingerprint density at radius 3 is 2.75 bits per heavy atom. The normalized spacial score (nSPS) is 20.1. The van der Waals surface area contributed by atoms with Crippen LogP contribution in [0.15, 0.2) is 24.3 Å². The maximum Gasteiger partial charge on any atom is 0.181 e. The van der Waals surface area contributed by atoms with E-state index >= 15 is 0 Å². The van der Waals surface area contributed by atoms with E-state index in [9.17, 15) is 0 Å². The van der Waals surface area contributed by atoms with Gasteiger partial charge in [0.2, 0.25) is 0 Å². The summed E-state index contributed by atoms with van der Waals surface area (Å²) >= 11 is 1.57. The molecule has 1 aromatic heterocycles. The summed E-state index contributed by atoms with van der Waals surface area (Å²) in [5.74, 6) is 0.783. The van der Waals surface area contributed by atoms with Crippen LogP contribution in [0.3, 0.4) is 0 Å². The van der Waals surface area contributed by atoms with Crippen molar-refractivity contribution in [2.24, 2.45) is 11.3 Å². The number of aromatic nitrogens is 1. The van der Waals surface area contributed by atoms with E-state index in [0.29, 0.717) is 10.5 Å². The van der Waals surface area contributed by atoms with Gasteiger partial charge in [-0.05, 0) is 42.2 Å². The molecule has 106 valence electrons. The van der Waals surface area contributed by atoms with Gasteiger partial charge in [0.05, 0.1) is 10.2 Å². The lowest BCUT2D eigenvalue weighted by Crippen LogP contribution is -2.21. The van der Waals surface area contributed by atoms with Crippen LogP contribution in [-0.2, 0) is 0 Å². The number of allylic oxidation sites excluding steroid dienone is 2. The van der Waals surface area contributed by atoms with Crippen molar-refractivity contribution < 1.29 is 0 Å². The van der Waals surface area contributed by atoms with Crippen LogP contribution in [0.4, 0.5) is 5.13 Å². The molecule has 0 radical (unpaired) electrons. The third-order valence-corrected chi connectivity index (χ3v) is 5.27. The number of benzene rings is 1. The lowest BCUT2D eigenvalue weighted by Gasteiger charge is -2.33. The summed E-state index contributed by atoms with van der Waals surface area (Å²) < 4.78 is 1.19. The molecule has 0 fully saturated rings. The standard InChI is InChI=1S/C17H22N2S/c1-17(2,3)12-9-7-11(8-10-12)13-5-4-6-14-15(13)19-16(18)20-14/h4-7,12H,8-10H2,1-3H3,(H2,18,19). The van der Waals surface area contributed by atoms with E-state index in [1.807, 2.05) is 0 Å². The SMILES string of the molecule is CC(C)(C)C1CC=C(c2cccc3sc(N)nc23)CC1. The molecule has 0 bridgehead atoms. The first-order chi connectivity index (χ1) is 9.45. The van der Waals surface area contributed by atoms with E-state index < -0.39 is 0 Å². The molecule has 1 aliphatic carbocycles. The van der Waals surface area contributed by atoms with Gasteiger partial charge in [0.15, 0.2) is 5.13 Å². The molecule has 1 aromatic carbocycles. The number of nitrogens with zero attached hydrogens (tertiary/aromatic N) is 1. The highest BCUT2D eigenvalue weighted by Crippen LogP contribution is 2.41. The van der Waals surface area contributed by atoms with Crippen molar-refractivity contribution in [3.05, 3.63) is 29.8 Å². The predicted molar refractivity (Wildman–Crippen MR) is 88.8 cm³/mol. The topological polar surface area (TPSA) is 38.9 Å². The van der Waals surface area contributed by atoms with Crippen LogP contribution in [0.5, 0.6) is 0 Å². The molecular formula is C17H22N2S. The van der Waals surface area contributed by atoms with Gasteiger partial charge in [-0.2, -0.15) is 0 Å². The van der Waals surface area contributed by atoms with Gasteiger partial charge in [0, 0.05) is 5.56 Å². The zero-order chi connectivity index (χ0) is 14.3. The molecule has 2 aromatic rings. The number of hydrogen-bond acceptors (Lipinski definition) is 3. The van der Waals surface area contributed by atoms with Gasteiger partial charge in [-0.15, -0.1) is 0 Å². The molecule has 0 saturated heterocycles. The van der Waals surface area contributed by atoms with Crippen molar-refractivity contribution in [3.63, 3.8) is 0 Å². The minimum Gasteiger partial charge on any atom is -0.375 e. The van der Waals surface area contributed by atoms with E-state index in [2.05, 4.69) is 50.0 Å². The van der Waals surface area contributed by atoms with Crippen LogP contribution in [0.1, 0.15) is 45.6 Å². The average Bonchev–Trinajstić information content (AvgIpc) is 2.78. The second-order valence-corrected chi connectivity index (χ2v) is 7.83. The number of anilines is 1. The quantitative estimate of drug-likeness (QED) is 0.791. The van der Waals surface area contributed by atoms with Crippen molar-refractivity contribution in [2.45, 2.75) is 40.0 Å². The monoisotopic (exact) mass is 286 g/mol. The lowest BCUT2D eigenvalue weighted by atomic mass is 9.72. The van der Waals surface area contributed by atoms with Crippen LogP contribution >= 0.6 is 11.3 Å². The van der Waals surface area contributed by atoms with Crippen LogP contribution in [-0.4, -0.2) is 4.98 Å². The molecule has 3 heteroatoms. The van der Waals surface area contributed by atoms with Gasteiger partial charge in [0.1, 0.15) is 0 Å². The Morgan fingerprint density at radius 1 is 1.30 bits per heavy atom. The van der Waals surface area contributed by atoms with Crippen molar-refractivity contribution >= 4 is 32.3 Å². The van der Waals surface area contributed by atoms with Gasteiger partial charge in [-0.1, -0.05) is 50.3 Å². The van der Waals surface area contributed by atoms with Crippen molar-refractivity contribution in [1.82, 2.24) is 4.98 Å². The van der Waals surface area contributed by atoms with Crippen molar-refractivity contribution in [1.29, 1.82) is 0 Å². The Hall–Kier alpha value is -1.35. The third-order valence-electron chi connectivity index (χ3n) is 4.42. The Morgan fingerprint density at radius 2 is 2.10 bits per heavy atom. The Bertz CT molecular complexity index is 661. The van der Waals surface area contributed by atoms with E-state index in [-0.39, 0.29) is 0 Å². The van der Waals surface area contributed by atoms with E-state index in [1.165, 1.54) is 28.7 Å². The molecule has 0 spiro atoms. The molecule has 0 aliphatic heterocycles. The smallest absolute Gasteiger partial charge is 0.181 e. The second-order valence-electron chi connectivity index (χ2n) is 6.77. The molecule has 0 saturated carbocycles. The fourth-order valence-corrected chi connectivity index (χ4v) is 3.85. The van der Waals surface area contributed by atoms with E-state index in [1.54, 1.807) is 11.3 Å². The average molecular weight is 286 g/mol. The Balaban J connectivity index is 1.95. The summed E-state index contributed by atoms with van der Waals surface area (Å²) in [6, 6.07) is 6.41. The van der Waals surface area contributed by atoms with Crippen LogP contribution in [0, 0.1) is 11.3 Å². The molecule has 2 nitrogen and oxygen atoms in total. The maximum absolute atomic E-state index is 5.86. The summed E-state index contributed by atoms with van der Waals surface area (Å²) in [7, 11) is 0. The molecule has 1 atom stereocenters. The summed E-state index contributed by atoms with van der Waals surface area (Å²) in [4.78, 5) is 4.51. The van der Waals surface area contributed by atoms with Gasteiger partial charge in [0.25, 0.3) is 0 Å². The fraction of sp³-hybridized carbons (Fsp3) is 0.471. The highest BCUT2D eigenvalue weighted by Gasteiger charge is 2.27. The zero-order valence-electron chi connectivity index (χ0n) is 12.4. The first-order valence-corrected chi connectivity index (χ1v) is 8.11. The molecule has 20 heavy (non-hydrogen) atoms. The summed E-state index contributed by atoms with van der Waals surface area (Å²) in [5.41, 5.74) is 10.1. The maximum atomic E-state index is 5.86. The van der Waals surface area contributed by atoms with Crippen LogP contribution in [0.25, 0.3) is 15.8 Å². The Kier molecular flexibility index (Phi) is 3.33. The highest BCUT2D eigenvalue weighted by molar-refractivity contribution is 7.22. The van der Waals surface area contributed by atoms with Crippen LogP contribution < -0.4 is 5.73 Å². The molecular weight excluding hydrogens is 264 g/mol. The first kappa shape index (κ1) is 13.6. The number of thiazole rings is 1. The summed E-state index contributed by atoms with van der Waals surface area (Å²) in [6.45, 7) is 7.04. The molecule has 1 aliphatic rings. The van der Waals surface area contributed by atoms with Gasteiger partial charge in [-0.3, -0.25) is 0 Å². The largest absolute Gasteiger partial charge is 0.375 e. The predicted octanol–water partition coefficient (Wildman–Crippen LogP) is 5.11. The number of hydrogen-bond donors (Lipinski definition) is 1. The van der Waals surface area contributed by atoms with E-state index in [4.69, 9.17) is 5.73 Å². The first-order valence-electron chi connectivity index (χ1n) is 7.29. The van der Waals surface area contributed by atoms with Crippen molar-refractivity contribution in [3.8, 4) is 0 Å². The number of nitrogen functional groups attached to an aromatic ring is 1. The minimum atomic E-state index is 0.402. The van der Waals surface area contributed by atoms with Crippen LogP contribution in [0.2, 0.25) is 0 Å². The zero-order valence-corrected chi connectivity index (χ0v) is 13.3. The number of rotatable bonds is 1. The Labute approximate surface area is 124 Å². The number of para-hydroxylation sites is 1. The van der Waals surface area contributed by atoms with Crippen molar-refractivity contribution in [2.75, 3.05) is 5.73 Å². The van der Waals surface area contributed by atoms with Gasteiger partial charge in [-0.25, -0.2) is 4.98 Å². The third kappa shape index (κ3) is 2.47. The molecule has 2 N–H and O–H groups in total. The molecule has 3 rings (SSSR count). The van der Waals surface area contributed by atoms with E-state index in [0.717, 1.165) is 17.9 Å². The number of nitrogens with two attached hydrogens (primary N) is 1.